The Kier molecular flexibility index (Phi) is 3.51. The third kappa shape index (κ3) is 2.18. The Hall–Kier alpha value is -1.97. The maximum absolute atomic E-state index is 12.4. The van der Waals surface area contributed by atoms with Crippen molar-refractivity contribution in [2.24, 2.45) is 11.3 Å². The average molecular weight is 259 g/mol. The minimum absolute atomic E-state index is 0.108. The number of benzene rings is 1. The van der Waals surface area contributed by atoms with Gasteiger partial charge in [0.25, 0.3) is 0 Å². The van der Waals surface area contributed by atoms with E-state index in [0.29, 0.717) is 12.1 Å². The van der Waals surface area contributed by atoms with Crippen molar-refractivity contribution in [3.8, 4) is 0 Å². The lowest BCUT2D eigenvalue weighted by molar-refractivity contribution is -0.130. The monoisotopic (exact) mass is 259 g/mol. The highest BCUT2D eigenvalue weighted by Gasteiger charge is 2.48. The summed E-state index contributed by atoms with van der Waals surface area (Å²) in [7, 11) is 0. The summed E-state index contributed by atoms with van der Waals surface area (Å²) in [4.78, 5) is 36.9. The van der Waals surface area contributed by atoms with Gasteiger partial charge in [-0.2, -0.15) is 0 Å². The summed E-state index contributed by atoms with van der Waals surface area (Å²) >= 11 is 0. The van der Waals surface area contributed by atoms with Gasteiger partial charge in [0.15, 0.2) is 0 Å². The molecule has 1 unspecified atom stereocenters. The van der Waals surface area contributed by atoms with Crippen LogP contribution in [-0.4, -0.2) is 18.1 Å². The maximum atomic E-state index is 12.4. The summed E-state index contributed by atoms with van der Waals surface area (Å²) < 4.78 is 0. The van der Waals surface area contributed by atoms with Crippen molar-refractivity contribution in [2.75, 3.05) is 4.90 Å². The van der Waals surface area contributed by atoms with Gasteiger partial charge in [-0.05, 0) is 18.6 Å². The second kappa shape index (κ2) is 4.96. The number of hydrogen-bond acceptors (Lipinski definition) is 3. The zero-order valence-corrected chi connectivity index (χ0v) is 11.1. The van der Waals surface area contributed by atoms with Crippen LogP contribution in [0, 0.1) is 11.3 Å². The molecule has 0 radical (unpaired) electrons. The number of imide groups is 1. The van der Waals surface area contributed by atoms with Crippen LogP contribution in [0.1, 0.15) is 26.7 Å². The fourth-order valence-electron chi connectivity index (χ4n) is 2.41. The highest BCUT2D eigenvalue weighted by Crippen LogP contribution is 2.38. The summed E-state index contributed by atoms with van der Waals surface area (Å²) in [6, 6.07) is 8.84. The Morgan fingerprint density at radius 3 is 2.47 bits per heavy atom. The molecule has 2 atom stereocenters. The molecule has 1 aromatic carbocycles. The fraction of sp³-hybridized carbons (Fsp3) is 0.400. The van der Waals surface area contributed by atoms with Gasteiger partial charge in [-0.25, -0.2) is 0 Å². The van der Waals surface area contributed by atoms with E-state index in [0.717, 1.165) is 6.29 Å². The van der Waals surface area contributed by atoms with Gasteiger partial charge in [-0.15, -0.1) is 0 Å². The SMILES string of the molecule is CCC(C)(C=O)[C@@H]1CC(=O)N(c2ccccc2)C1=O. The number of rotatable bonds is 4. The van der Waals surface area contributed by atoms with Crippen LogP contribution in [0.3, 0.4) is 0 Å². The highest BCUT2D eigenvalue weighted by molar-refractivity contribution is 6.21. The molecule has 1 heterocycles. The van der Waals surface area contributed by atoms with Crippen molar-refractivity contribution < 1.29 is 14.4 Å². The van der Waals surface area contributed by atoms with E-state index >= 15 is 0 Å². The third-order valence-corrected chi connectivity index (χ3v) is 3.99. The molecule has 0 aliphatic carbocycles. The summed E-state index contributed by atoms with van der Waals surface area (Å²) in [6.07, 6.45) is 1.46. The number of anilines is 1. The van der Waals surface area contributed by atoms with Crippen LogP contribution >= 0.6 is 0 Å². The standard InChI is InChI=1S/C15H17NO3/c1-3-15(2,10-17)12-9-13(18)16(14(12)19)11-7-5-4-6-8-11/h4-8,10,12H,3,9H2,1-2H3/t12-,15?/m1/s1. The average Bonchev–Trinajstić information content (AvgIpc) is 2.74. The van der Waals surface area contributed by atoms with E-state index in [1.807, 2.05) is 13.0 Å². The highest BCUT2D eigenvalue weighted by atomic mass is 16.2. The molecular weight excluding hydrogens is 242 g/mol. The molecular formula is C15H17NO3. The molecule has 0 aromatic heterocycles. The molecule has 0 saturated carbocycles. The molecule has 1 saturated heterocycles. The molecule has 1 aromatic rings. The van der Waals surface area contributed by atoms with Crippen molar-refractivity contribution in [3.05, 3.63) is 30.3 Å². The van der Waals surface area contributed by atoms with Gasteiger partial charge in [-0.1, -0.05) is 32.0 Å². The quantitative estimate of drug-likeness (QED) is 0.615. The van der Waals surface area contributed by atoms with Crippen molar-refractivity contribution in [3.63, 3.8) is 0 Å². The van der Waals surface area contributed by atoms with Crippen LogP contribution in [0.25, 0.3) is 0 Å². The van der Waals surface area contributed by atoms with E-state index < -0.39 is 11.3 Å². The topological polar surface area (TPSA) is 54.5 Å². The number of amides is 2. The lowest BCUT2D eigenvalue weighted by Crippen LogP contribution is -2.37. The van der Waals surface area contributed by atoms with E-state index in [9.17, 15) is 14.4 Å². The molecule has 19 heavy (non-hydrogen) atoms. The Bertz CT molecular complexity index is 511. The molecule has 0 bridgehead atoms. The van der Waals surface area contributed by atoms with Crippen molar-refractivity contribution in [1.82, 2.24) is 0 Å². The van der Waals surface area contributed by atoms with Gasteiger partial charge in [0, 0.05) is 11.8 Å². The Morgan fingerprint density at radius 2 is 1.95 bits per heavy atom. The van der Waals surface area contributed by atoms with Crippen LogP contribution in [0.5, 0.6) is 0 Å². The van der Waals surface area contributed by atoms with Crippen LogP contribution < -0.4 is 4.90 Å². The largest absolute Gasteiger partial charge is 0.303 e. The van der Waals surface area contributed by atoms with Crippen molar-refractivity contribution in [2.45, 2.75) is 26.7 Å². The number of hydrogen-bond donors (Lipinski definition) is 0. The van der Waals surface area contributed by atoms with E-state index in [1.54, 1.807) is 31.2 Å². The molecule has 2 amide bonds. The van der Waals surface area contributed by atoms with Gasteiger partial charge in [0.2, 0.25) is 11.8 Å². The van der Waals surface area contributed by atoms with Crippen LogP contribution in [0.4, 0.5) is 5.69 Å². The zero-order valence-electron chi connectivity index (χ0n) is 11.1. The molecule has 0 spiro atoms. The molecule has 4 heteroatoms. The molecule has 4 nitrogen and oxygen atoms in total. The summed E-state index contributed by atoms with van der Waals surface area (Å²) in [5.74, 6) is -1.06. The lowest BCUT2D eigenvalue weighted by Gasteiger charge is -2.26. The lowest BCUT2D eigenvalue weighted by atomic mass is 9.75. The first-order chi connectivity index (χ1) is 9.03. The van der Waals surface area contributed by atoms with Crippen molar-refractivity contribution in [1.29, 1.82) is 0 Å². The first-order valence-electron chi connectivity index (χ1n) is 6.41. The fourth-order valence-corrected chi connectivity index (χ4v) is 2.41. The normalized spacial score (nSPS) is 22.4. The number of para-hydroxylation sites is 1. The van der Waals surface area contributed by atoms with Crippen LogP contribution in [0.2, 0.25) is 0 Å². The predicted molar refractivity (Wildman–Crippen MR) is 71.5 cm³/mol. The first kappa shape index (κ1) is 13.5. The molecule has 0 N–H and O–H groups in total. The second-order valence-electron chi connectivity index (χ2n) is 5.14. The summed E-state index contributed by atoms with van der Waals surface area (Å²) in [5, 5.41) is 0. The van der Waals surface area contributed by atoms with Crippen LogP contribution in [-0.2, 0) is 14.4 Å². The molecule has 1 aliphatic rings. The van der Waals surface area contributed by atoms with Gasteiger partial charge in [0.05, 0.1) is 11.6 Å². The minimum atomic E-state index is -0.768. The third-order valence-electron chi connectivity index (χ3n) is 3.99. The summed E-state index contributed by atoms with van der Waals surface area (Å²) in [6.45, 7) is 3.60. The number of carbonyl (C=O) groups excluding carboxylic acids is 3. The van der Waals surface area contributed by atoms with E-state index in [4.69, 9.17) is 0 Å². The number of nitrogens with zero attached hydrogens (tertiary/aromatic N) is 1. The second-order valence-corrected chi connectivity index (χ2v) is 5.14. The first-order valence-corrected chi connectivity index (χ1v) is 6.41. The molecule has 2 rings (SSSR count). The zero-order chi connectivity index (χ0) is 14.0. The van der Waals surface area contributed by atoms with E-state index in [2.05, 4.69) is 0 Å². The van der Waals surface area contributed by atoms with Gasteiger partial charge in [0.1, 0.15) is 6.29 Å². The smallest absolute Gasteiger partial charge is 0.238 e. The van der Waals surface area contributed by atoms with Gasteiger partial charge in [-0.3, -0.25) is 14.5 Å². The molecule has 1 fully saturated rings. The number of carbonyl (C=O) groups is 3. The van der Waals surface area contributed by atoms with Crippen LogP contribution in [0.15, 0.2) is 30.3 Å². The Balaban J connectivity index is 2.34. The Labute approximate surface area is 112 Å². The van der Waals surface area contributed by atoms with E-state index in [1.165, 1.54) is 4.90 Å². The van der Waals surface area contributed by atoms with E-state index in [-0.39, 0.29) is 18.2 Å². The summed E-state index contributed by atoms with van der Waals surface area (Å²) in [5.41, 5.74) is -0.194. The predicted octanol–water partition coefficient (Wildman–Crippen LogP) is 2.18. The minimum Gasteiger partial charge on any atom is -0.303 e. The number of aldehydes is 1. The van der Waals surface area contributed by atoms with Gasteiger partial charge < -0.3 is 4.79 Å². The maximum Gasteiger partial charge on any atom is 0.238 e. The van der Waals surface area contributed by atoms with Crippen molar-refractivity contribution >= 4 is 23.8 Å². The Morgan fingerprint density at radius 1 is 1.32 bits per heavy atom. The van der Waals surface area contributed by atoms with Gasteiger partial charge >= 0.3 is 0 Å². The molecule has 100 valence electrons. The molecule has 1 aliphatic heterocycles.